The largest absolute Gasteiger partial charge is 0.496 e. The molecule has 0 fully saturated rings. The van der Waals surface area contributed by atoms with Crippen molar-refractivity contribution in [3.8, 4) is 11.8 Å². The lowest BCUT2D eigenvalue weighted by Gasteiger charge is -2.05. The maximum absolute atomic E-state index is 9.57. The summed E-state index contributed by atoms with van der Waals surface area (Å²) in [5.74, 6) is 0.747. The molecule has 0 aliphatic heterocycles. The van der Waals surface area contributed by atoms with Crippen molar-refractivity contribution in [2.45, 2.75) is 0 Å². The van der Waals surface area contributed by atoms with Gasteiger partial charge in [-0.25, -0.2) is 0 Å². The first-order valence-corrected chi connectivity index (χ1v) is 7.54. The molecule has 3 nitrogen and oxygen atoms in total. The first kappa shape index (κ1) is 14.4. The third-order valence-corrected chi connectivity index (χ3v) is 3.99. The summed E-state index contributed by atoms with van der Waals surface area (Å²) < 4.78 is 6.33. The second-order valence-corrected chi connectivity index (χ2v) is 5.72. The van der Waals surface area contributed by atoms with E-state index in [1.54, 1.807) is 7.11 Å². The summed E-state index contributed by atoms with van der Waals surface area (Å²) in [7, 11) is 1.63. The predicted octanol–water partition coefficient (Wildman–Crippen LogP) is 5.00. The van der Waals surface area contributed by atoms with Crippen LogP contribution >= 0.6 is 15.9 Å². The molecular weight excluding hydrogens is 340 g/mol. The number of nitrogens with zero attached hydrogens (tertiary/aromatic N) is 1. The van der Waals surface area contributed by atoms with E-state index in [9.17, 15) is 5.26 Å². The van der Waals surface area contributed by atoms with Crippen LogP contribution in [0.3, 0.4) is 0 Å². The van der Waals surface area contributed by atoms with E-state index >= 15 is 0 Å². The van der Waals surface area contributed by atoms with E-state index in [1.807, 2.05) is 54.7 Å². The van der Waals surface area contributed by atoms with Crippen LogP contribution in [0.4, 0.5) is 0 Å². The van der Waals surface area contributed by atoms with E-state index in [4.69, 9.17) is 4.74 Å². The zero-order valence-corrected chi connectivity index (χ0v) is 13.5. The number of hydrogen-bond acceptors (Lipinski definition) is 2. The Morgan fingerprint density at radius 2 is 2.09 bits per heavy atom. The van der Waals surface area contributed by atoms with E-state index in [0.717, 1.165) is 32.3 Å². The van der Waals surface area contributed by atoms with Crippen LogP contribution in [-0.2, 0) is 0 Å². The van der Waals surface area contributed by atoms with Gasteiger partial charge in [0.2, 0.25) is 0 Å². The summed E-state index contributed by atoms with van der Waals surface area (Å²) >= 11 is 3.48. The SMILES string of the molecule is COc1ccccc1/C=C(\C#N)c1c[nH]c2ccc(Br)cc12. The number of benzene rings is 2. The average molecular weight is 353 g/mol. The molecule has 0 unspecified atom stereocenters. The number of H-pyrrole nitrogens is 1. The lowest BCUT2D eigenvalue weighted by molar-refractivity contribution is 0.414. The Morgan fingerprint density at radius 3 is 2.86 bits per heavy atom. The Labute approximate surface area is 137 Å². The number of aromatic nitrogens is 1. The molecule has 0 aliphatic rings. The van der Waals surface area contributed by atoms with Crippen molar-refractivity contribution in [1.29, 1.82) is 5.26 Å². The van der Waals surface area contributed by atoms with Gasteiger partial charge in [-0.3, -0.25) is 0 Å². The quantitative estimate of drug-likeness (QED) is 0.674. The highest BCUT2D eigenvalue weighted by molar-refractivity contribution is 9.10. The lowest BCUT2D eigenvalue weighted by Crippen LogP contribution is -1.87. The predicted molar refractivity (Wildman–Crippen MR) is 92.5 cm³/mol. The van der Waals surface area contributed by atoms with Gasteiger partial charge in [-0.15, -0.1) is 0 Å². The fraction of sp³-hybridized carbons (Fsp3) is 0.0556. The molecular formula is C18H13BrN2O. The number of para-hydroxylation sites is 1. The number of halogens is 1. The topological polar surface area (TPSA) is 48.8 Å². The molecule has 0 saturated carbocycles. The zero-order chi connectivity index (χ0) is 15.5. The van der Waals surface area contributed by atoms with Crippen LogP contribution in [0, 0.1) is 11.3 Å². The molecule has 0 bridgehead atoms. The molecule has 0 spiro atoms. The van der Waals surface area contributed by atoms with Crippen molar-refractivity contribution >= 4 is 38.5 Å². The first-order valence-electron chi connectivity index (χ1n) is 6.75. The standard InChI is InChI=1S/C18H13BrN2O/c1-22-18-5-3-2-4-12(18)8-13(10-20)16-11-21-17-7-6-14(19)9-15(16)17/h2-9,11,21H,1H3/b13-8+. The summed E-state index contributed by atoms with van der Waals surface area (Å²) in [5.41, 5.74) is 3.35. The molecule has 3 aromatic rings. The molecule has 0 amide bonds. The second-order valence-electron chi connectivity index (χ2n) is 4.80. The van der Waals surface area contributed by atoms with Gasteiger partial charge >= 0.3 is 0 Å². The van der Waals surface area contributed by atoms with E-state index in [0.29, 0.717) is 5.57 Å². The number of hydrogen-bond donors (Lipinski definition) is 1. The van der Waals surface area contributed by atoms with Gasteiger partial charge in [-0.2, -0.15) is 5.26 Å². The van der Waals surface area contributed by atoms with Gasteiger partial charge in [0.1, 0.15) is 5.75 Å². The molecule has 0 saturated heterocycles. The van der Waals surface area contributed by atoms with Gasteiger partial charge in [0.05, 0.1) is 18.8 Å². The Balaban J connectivity index is 2.16. The third-order valence-electron chi connectivity index (χ3n) is 3.49. The fourth-order valence-electron chi connectivity index (χ4n) is 2.43. The summed E-state index contributed by atoms with van der Waals surface area (Å²) in [5, 5.41) is 10.6. The number of fused-ring (bicyclic) bond motifs is 1. The highest BCUT2D eigenvalue weighted by Gasteiger charge is 2.10. The van der Waals surface area contributed by atoms with E-state index in [1.165, 1.54) is 0 Å². The number of nitrogens with one attached hydrogen (secondary N) is 1. The molecule has 22 heavy (non-hydrogen) atoms. The molecule has 0 radical (unpaired) electrons. The smallest absolute Gasteiger partial charge is 0.126 e. The number of methoxy groups -OCH3 is 1. The second kappa shape index (κ2) is 6.08. The Morgan fingerprint density at radius 1 is 1.27 bits per heavy atom. The maximum Gasteiger partial charge on any atom is 0.126 e. The molecule has 1 aromatic heterocycles. The Kier molecular flexibility index (Phi) is 3.99. The summed E-state index contributed by atoms with van der Waals surface area (Å²) in [4.78, 5) is 3.20. The van der Waals surface area contributed by atoms with Gasteiger partial charge in [-0.05, 0) is 30.3 Å². The highest BCUT2D eigenvalue weighted by atomic mass is 79.9. The van der Waals surface area contributed by atoms with Crippen molar-refractivity contribution in [3.63, 3.8) is 0 Å². The van der Waals surface area contributed by atoms with Crippen LogP contribution in [0.25, 0.3) is 22.6 Å². The minimum atomic E-state index is 0.592. The van der Waals surface area contributed by atoms with Crippen LogP contribution < -0.4 is 4.74 Å². The minimum Gasteiger partial charge on any atom is -0.496 e. The number of rotatable bonds is 3. The Bertz CT molecular complexity index is 903. The van der Waals surface area contributed by atoms with Crippen LogP contribution in [0.1, 0.15) is 11.1 Å². The first-order chi connectivity index (χ1) is 10.7. The highest BCUT2D eigenvalue weighted by Crippen LogP contribution is 2.30. The molecule has 0 aliphatic carbocycles. The number of ether oxygens (including phenoxy) is 1. The van der Waals surface area contributed by atoms with Gasteiger partial charge in [-0.1, -0.05) is 34.1 Å². The van der Waals surface area contributed by atoms with Crippen LogP contribution in [0.5, 0.6) is 5.75 Å². The monoisotopic (exact) mass is 352 g/mol. The number of aromatic amines is 1. The molecule has 1 N–H and O–H groups in total. The molecule has 1 heterocycles. The van der Waals surface area contributed by atoms with Gasteiger partial charge in [0, 0.05) is 32.7 Å². The molecule has 3 rings (SSSR count). The average Bonchev–Trinajstić information content (AvgIpc) is 2.95. The summed E-state index contributed by atoms with van der Waals surface area (Å²) in [6.45, 7) is 0. The van der Waals surface area contributed by atoms with E-state index < -0.39 is 0 Å². The van der Waals surface area contributed by atoms with Crippen molar-refractivity contribution in [2.24, 2.45) is 0 Å². The van der Waals surface area contributed by atoms with Crippen molar-refractivity contribution in [1.82, 2.24) is 4.98 Å². The van der Waals surface area contributed by atoms with Gasteiger partial charge < -0.3 is 9.72 Å². The molecule has 4 heteroatoms. The Hall–Kier alpha value is -2.51. The minimum absolute atomic E-state index is 0.592. The van der Waals surface area contributed by atoms with E-state index in [2.05, 4.69) is 27.0 Å². The summed E-state index contributed by atoms with van der Waals surface area (Å²) in [6.07, 6.45) is 3.71. The third kappa shape index (κ3) is 2.63. The molecule has 108 valence electrons. The molecule has 2 aromatic carbocycles. The van der Waals surface area contributed by atoms with Gasteiger partial charge in [0.25, 0.3) is 0 Å². The zero-order valence-electron chi connectivity index (χ0n) is 11.9. The summed E-state index contributed by atoms with van der Waals surface area (Å²) in [6, 6.07) is 15.9. The maximum atomic E-state index is 9.57. The van der Waals surface area contributed by atoms with Crippen molar-refractivity contribution in [3.05, 3.63) is 64.3 Å². The van der Waals surface area contributed by atoms with Gasteiger partial charge in [0.15, 0.2) is 0 Å². The van der Waals surface area contributed by atoms with E-state index in [-0.39, 0.29) is 0 Å². The van der Waals surface area contributed by atoms with Crippen molar-refractivity contribution in [2.75, 3.05) is 7.11 Å². The van der Waals surface area contributed by atoms with Crippen LogP contribution in [0.15, 0.2) is 53.1 Å². The van der Waals surface area contributed by atoms with Crippen LogP contribution in [-0.4, -0.2) is 12.1 Å². The lowest BCUT2D eigenvalue weighted by atomic mass is 10.0. The molecule has 0 atom stereocenters. The normalized spacial score (nSPS) is 11.4. The number of nitriles is 1. The van der Waals surface area contributed by atoms with Crippen LogP contribution in [0.2, 0.25) is 0 Å². The van der Waals surface area contributed by atoms with Crippen molar-refractivity contribution < 1.29 is 4.74 Å². The fourth-order valence-corrected chi connectivity index (χ4v) is 2.79. The number of allylic oxidation sites excluding steroid dienone is 1.